The van der Waals surface area contributed by atoms with Crippen LogP contribution in [0.5, 0.6) is 0 Å². The number of rotatable bonds is 16. The molecule has 0 aliphatic heterocycles. The van der Waals surface area contributed by atoms with Crippen LogP contribution >= 0.6 is 0 Å². The van der Waals surface area contributed by atoms with Gasteiger partial charge in [-0.1, -0.05) is 68.4 Å². The van der Waals surface area contributed by atoms with Gasteiger partial charge in [-0.05, 0) is 64.0 Å². The highest BCUT2D eigenvalue weighted by molar-refractivity contribution is 5.69. The van der Waals surface area contributed by atoms with Gasteiger partial charge in [-0.15, -0.1) is 0 Å². The van der Waals surface area contributed by atoms with E-state index in [2.05, 4.69) is 55.5 Å². The largest absolute Gasteiger partial charge is 0.465 e. The van der Waals surface area contributed by atoms with Gasteiger partial charge in [0.25, 0.3) is 0 Å². The van der Waals surface area contributed by atoms with Crippen LogP contribution in [0.2, 0.25) is 0 Å². The van der Waals surface area contributed by atoms with Crippen molar-refractivity contribution in [3.63, 3.8) is 0 Å². The molecule has 0 fully saturated rings. The third-order valence-electron chi connectivity index (χ3n) is 4.46. The molecular weight excluding hydrogens is 360 g/mol. The Balaban J connectivity index is 1.96. The number of ether oxygens (including phenoxy) is 1. The minimum atomic E-state index is -0.325. The van der Waals surface area contributed by atoms with Crippen molar-refractivity contribution < 1.29 is 13.9 Å². The van der Waals surface area contributed by atoms with Gasteiger partial charge < -0.3 is 9.15 Å². The molecule has 0 unspecified atom stereocenters. The first-order chi connectivity index (χ1) is 14.2. The second-order valence-corrected chi connectivity index (χ2v) is 7.13. The maximum Gasteiger partial charge on any atom is 0.306 e. The van der Waals surface area contributed by atoms with Gasteiger partial charge >= 0.3 is 5.97 Å². The minimum Gasteiger partial charge on any atom is -0.465 e. The monoisotopic (exact) mass is 398 g/mol. The first-order valence-corrected chi connectivity index (χ1v) is 11.1. The molecule has 0 radical (unpaired) electrons. The van der Waals surface area contributed by atoms with E-state index in [1.165, 1.54) is 25.7 Å². The second-order valence-electron chi connectivity index (χ2n) is 7.13. The van der Waals surface area contributed by atoms with Gasteiger partial charge in [0.1, 0.15) is 5.76 Å². The SMILES string of the molecule is CCCCC/C=C\C/C=C\C/C=C\C/C=C\CCCC(=O)O[C@@H](C)c1ccco1. The normalized spacial score (nSPS) is 13.3. The Hall–Kier alpha value is -2.29. The molecule has 0 N–H and O–H groups in total. The quantitative estimate of drug-likeness (QED) is 0.161. The summed E-state index contributed by atoms with van der Waals surface area (Å²) in [5.41, 5.74) is 0. The number of allylic oxidation sites excluding steroid dienone is 8. The van der Waals surface area contributed by atoms with E-state index >= 15 is 0 Å². The van der Waals surface area contributed by atoms with Crippen molar-refractivity contribution in [2.75, 3.05) is 0 Å². The maximum atomic E-state index is 11.8. The maximum absolute atomic E-state index is 11.8. The highest BCUT2D eigenvalue weighted by Crippen LogP contribution is 2.17. The van der Waals surface area contributed by atoms with Crippen molar-refractivity contribution in [1.29, 1.82) is 0 Å². The lowest BCUT2D eigenvalue weighted by Crippen LogP contribution is -2.07. The van der Waals surface area contributed by atoms with Crippen LogP contribution < -0.4 is 0 Å². The molecule has 3 nitrogen and oxygen atoms in total. The van der Waals surface area contributed by atoms with Crippen molar-refractivity contribution in [1.82, 2.24) is 0 Å². The third kappa shape index (κ3) is 14.4. The zero-order valence-electron chi connectivity index (χ0n) is 18.2. The van der Waals surface area contributed by atoms with Crippen molar-refractivity contribution >= 4 is 5.97 Å². The molecule has 1 rings (SSSR count). The van der Waals surface area contributed by atoms with E-state index in [9.17, 15) is 4.79 Å². The summed E-state index contributed by atoms with van der Waals surface area (Å²) >= 11 is 0. The fourth-order valence-electron chi connectivity index (χ4n) is 2.76. The lowest BCUT2D eigenvalue weighted by molar-refractivity contribution is -0.149. The Bertz CT molecular complexity index is 620. The molecule has 0 aliphatic rings. The Morgan fingerprint density at radius 3 is 2.07 bits per heavy atom. The molecule has 29 heavy (non-hydrogen) atoms. The number of carbonyl (C=O) groups is 1. The Kier molecular flexibility index (Phi) is 15.2. The summed E-state index contributed by atoms with van der Waals surface area (Å²) in [6, 6.07) is 3.61. The van der Waals surface area contributed by atoms with Gasteiger partial charge in [0.2, 0.25) is 0 Å². The summed E-state index contributed by atoms with van der Waals surface area (Å²) in [7, 11) is 0. The molecule has 1 aromatic rings. The van der Waals surface area contributed by atoms with Crippen LogP contribution in [-0.4, -0.2) is 5.97 Å². The summed E-state index contributed by atoms with van der Waals surface area (Å²) in [5.74, 6) is 0.503. The van der Waals surface area contributed by atoms with Gasteiger partial charge in [-0.25, -0.2) is 0 Å². The van der Waals surface area contributed by atoms with Crippen molar-refractivity contribution in [2.45, 2.75) is 84.2 Å². The third-order valence-corrected chi connectivity index (χ3v) is 4.46. The summed E-state index contributed by atoms with van der Waals surface area (Å²) in [5, 5.41) is 0. The number of hydrogen-bond donors (Lipinski definition) is 0. The van der Waals surface area contributed by atoms with E-state index in [1.807, 2.05) is 13.0 Å². The zero-order valence-corrected chi connectivity index (χ0v) is 18.2. The summed E-state index contributed by atoms with van der Waals surface area (Å²) < 4.78 is 10.6. The molecule has 1 heterocycles. The topological polar surface area (TPSA) is 39.4 Å². The number of esters is 1. The number of unbranched alkanes of at least 4 members (excludes halogenated alkanes) is 4. The Morgan fingerprint density at radius 1 is 0.931 bits per heavy atom. The smallest absolute Gasteiger partial charge is 0.306 e. The van der Waals surface area contributed by atoms with Crippen LogP contribution in [0.3, 0.4) is 0 Å². The number of hydrogen-bond acceptors (Lipinski definition) is 3. The summed E-state index contributed by atoms with van der Waals surface area (Å²) in [4.78, 5) is 11.8. The van der Waals surface area contributed by atoms with Crippen LogP contribution in [-0.2, 0) is 9.53 Å². The predicted octanol–water partition coefficient (Wildman–Crippen LogP) is 8.03. The van der Waals surface area contributed by atoms with Crippen molar-refractivity contribution in [2.24, 2.45) is 0 Å². The number of carbonyl (C=O) groups excluding carboxylic acids is 1. The predicted molar refractivity (Wildman–Crippen MR) is 122 cm³/mol. The molecule has 3 heteroatoms. The summed E-state index contributed by atoms with van der Waals surface area (Å²) in [6.45, 7) is 4.06. The number of furan rings is 1. The Labute approximate surface area is 177 Å². The van der Waals surface area contributed by atoms with Crippen LogP contribution in [0.4, 0.5) is 0 Å². The molecule has 1 atom stereocenters. The fraction of sp³-hybridized carbons (Fsp3) is 0.500. The van der Waals surface area contributed by atoms with E-state index in [0.717, 1.165) is 32.1 Å². The van der Waals surface area contributed by atoms with E-state index in [0.29, 0.717) is 12.2 Å². The van der Waals surface area contributed by atoms with E-state index < -0.39 is 0 Å². The lowest BCUT2D eigenvalue weighted by Gasteiger charge is -2.10. The van der Waals surface area contributed by atoms with Gasteiger partial charge in [0, 0.05) is 6.42 Å². The molecule has 0 saturated heterocycles. The van der Waals surface area contributed by atoms with Crippen LogP contribution in [0, 0.1) is 0 Å². The molecular formula is C26H38O3. The molecule has 0 aromatic carbocycles. The van der Waals surface area contributed by atoms with Crippen LogP contribution in [0.15, 0.2) is 71.4 Å². The van der Waals surface area contributed by atoms with E-state index in [-0.39, 0.29) is 12.1 Å². The minimum absolute atomic E-state index is 0.176. The highest BCUT2D eigenvalue weighted by atomic mass is 16.5. The van der Waals surface area contributed by atoms with Crippen molar-refractivity contribution in [3.8, 4) is 0 Å². The molecule has 0 saturated carbocycles. The van der Waals surface area contributed by atoms with Gasteiger partial charge in [0.05, 0.1) is 6.26 Å². The zero-order chi connectivity index (χ0) is 21.0. The molecule has 0 spiro atoms. The van der Waals surface area contributed by atoms with Crippen LogP contribution in [0.1, 0.15) is 89.9 Å². The fourth-order valence-corrected chi connectivity index (χ4v) is 2.76. The van der Waals surface area contributed by atoms with Crippen molar-refractivity contribution in [3.05, 3.63) is 72.8 Å². The average molecular weight is 399 g/mol. The molecule has 160 valence electrons. The Morgan fingerprint density at radius 2 is 1.52 bits per heavy atom. The molecule has 1 aromatic heterocycles. The lowest BCUT2D eigenvalue weighted by atomic mass is 10.2. The molecule has 0 aliphatic carbocycles. The van der Waals surface area contributed by atoms with E-state index in [1.54, 1.807) is 12.3 Å². The van der Waals surface area contributed by atoms with Gasteiger partial charge in [0.15, 0.2) is 6.10 Å². The molecule has 0 amide bonds. The highest BCUT2D eigenvalue weighted by Gasteiger charge is 2.13. The van der Waals surface area contributed by atoms with E-state index in [4.69, 9.17) is 9.15 Å². The van der Waals surface area contributed by atoms with Gasteiger partial charge in [-0.2, -0.15) is 0 Å². The van der Waals surface area contributed by atoms with Gasteiger partial charge in [-0.3, -0.25) is 4.79 Å². The second kappa shape index (κ2) is 17.8. The first-order valence-electron chi connectivity index (χ1n) is 11.1. The first kappa shape index (κ1) is 24.7. The molecule has 0 bridgehead atoms. The average Bonchev–Trinajstić information content (AvgIpc) is 3.25. The summed E-state index contributed by atoms with van der Waals surface area (Å²) in [6.07, 6.45) is 29.1. The standard InChI is InChI=1S/C26H38O3/c1-3-4-5-6-7-8-9-10-11-12-13-14-15-16-17-18-19-22-26(27)29-24(2)25-21-20-23-28-25/h7-8,10-11,13-14,16-17,20-21,23-24H,3-6,9,12,15,18-19,22H2,1-2H3/b8-7-,11-10-,14-13-,17-16-/t24-/m0/s1. The van der Waals surface area contributed by atoms with Crippen LogP contribution in [0.25, 0.3) is 0 Å².